The van der Waals surface area contributed by atoms with Crippen molar-refractivity contribution in [3.63, 3.8) is 0 Å². The molecule has 0 radical (unpaired) electrons. The molecule has 0 heterocycles. The number of carbonyl (C=O) groups excluding carboxylic acids is 1. The molecule has 0 bridgehead atoms. The summed E-state index contributed by atoms with van der Waals surface area (Å²) in [5.41, 5.74) is 3.26. The van der Waals surface area contributed by atoms with Gasteiger partial charge in [0.1, 0.15) is 0 Å². The first kappa shape index (κ1) is 17.9. The number of amides is 1. The normalized spacial score (nSPS) is 11.6. The fourth-order valence-corrected chi connectivity index (χ4v) is 2.68. The van der Waals surface area contributed by atoms with Crippen molar-refractivity contribution in [1.82, 2.24) is 5.32 Å². The summed E-state index contributed by atoms with van der Waals surface area (Å²) in [4.78, 5) is 14.4. The monoisotopic (exact) mass is 325 g/mol. The van der Waals surface area contributed by atoms with Crippen LogP contribution in [0, 0.1) is 0 Å². The first-order valence-electron chi connectivity index (χ1n) is 8.57. The van der Waals surface area contributed by atoms with Crippen LogP contribution >= 0.6 is 0 Å². The zero-order chi connectivity index (χ0) is 17.4. The van der Waals surface area contributed by atoms with Gasteiger partial charge in [-0.15, -0.1) is 0 Å². The molecule has 0 saturated heterocycles. The number of anilines is 2. The number of hydrogen-bond donors (Lipinski definition) is 2. The molecule has 4 heteroatoms. The minimum absolute atomic E-state index is 0.00513. The van der Waals surface area contributed by atoms with E-state index < -0.39 is 0 Å². The van der Waals surface area contributed by atoms with Crippen molar-refractivity contribution in [1.29, 1.82) is 0 Å². The van der Waals surface area contributed by atoms with Gasteiger partial charge in [-0.3, -0.25) is 4.79 Å². The Morgan fingerprint density at radius 1 is 1.00 bits per heavy atom. The lowest BCUT2D eigenvalue weighted by Gasteiger charge is -2.21. The maximum absolute atomic E-state index is 12.1. The molecule has 4 nitrogen and oxygen atoms in total. The second kappa shape index (κ2) is 8.96. The van der Waals surface area contributed by atoms with Crippen molar-refractivity contribution < 1.29 is 4.79 Å². The van der Waals surface area contributed by atoms with E-state index in [1.165, 1.54) is 5.69 Å². The van der Waals surface area contributed by atoms with Crippen molar-refractivity contribution in [2.45, 2.75) is 26.8 Å². The highest BCUT2D eigenvalue weighted by Gasteiger charge is 2.09. The fraction of sp³-hybridized carbons (Fsp3) is 0.350. The summed E-state index contributed by atoms with van der Waals surface area (Å²) in [5.74, 6) is -0.0147. The van der Waals surface area contributed by atoms with Crippen LogP contribution in [0.1, 0.15) is 32.4 Å². The SMILES string of the molecule is CCN(CC)c1ccc(NCC(=O)NC(C)c2ccccc2)cc1. The predicted octanol–water partition coefficient (Wildman–Crippen LogP) is 3.82. The highest BCUT2D eigenvalue weighted by Crippen LogP contribution is 2.17. The maximum Gasteiger partial charge on any atom is 0.239 e. The molecule has 0 aliphatic rings. The number of benzene rings is 2. The van der Waals surface area contributed by atoms with Gasteiger partial charge in [0.25, 0.3) is 0 Å². The van der Waals surface area contributed by atoms with Gasteiger partial charge in [0.15, 0.2) is 0 Å². The van der Waals surface area contributed by atoms with Crippen LogP contribution in [0.3, 0.4) is 0 Å². The Morgan fingerprint density at radius 3 is 2.21 bits per heavy atom. The van der Waals surface area contributed by atoms with Crippen LogP contribution in [0.15, 0.2) is 54.6 Å². The van der Waals surface area contributed by atoms with Gasteiger partial charge in [0.05, 0.1) is 12.6 Å². The molecule has 0 aromatic heterocycles. The van der Waals surface area contributed by atoms with Gasteiger partial charge < -0.3 is 15.5 Å². The first-order valence-corrected chi connectivity index (χ1v) is 8.57. The Balaban J connectivity index is 1.83. The van der Waals surface area contributed by atoms with Gasteiger partial charge >= 0.3 is 0 Å². The number of carbonyl (C=O) groups is 1. The molecule has 1 amide bonds. The summed E-state index contributed by atoms with van der Waals surface area (Å²) < 4.78 is 0. The maximum atomic E-state index is 12.1. The third-order valence-electron chi connectivity index (χ3n) is 4.13. The Morgan fingerprint density at radius 2 is 1.62 bits per heavy atom. The summed E-state index contributed by atoms with van der Waals surface area (Å²) in [6.07, 6.45) is 0. The van der Waals surface area contributed by atoms with E-state index in [9.17, 15) is 4.79 Å². The number of nitrogens with zero attached hydrogens (tertiary/aromatic N) is 1. The standard InChI is InChI=1S/C20H27N3O/c1-4-23(5-2)19-13-11-18(12-14-19)21-15-20(24)22-16(3)17-9-7-6-8-10-17/h6-14,16,21H,4-5,15H2,1-3H3,(H,22,24). The minimum atomic E-state index is -0.0147. The summed E-state index contributed by atoms with van der Waals surface area (Å²) in [5, 5.41) is 6.18. The quantitative estimate of drug-likeness (QED) is 0.775. The van der Waals surface area contributed by atoms with Crippen LogP contribution in [0.25, 0.3) is 0 Å². The Hall–Kier alpha value is -2.49. The molecule has 128 valence electrons. The van der Waals surface area contributed by atoms with E-state index >= 15 is 0 Å². The first-order chi connectivity index (χ1) is 11.6. The van der Waals surface area contributed by atoms with Crippen molar-refractivity contribution in [2.24, 2.45) is 0 Å². The highest BCUT2D eigenvalue weighted by molar-refractivity contribution is 5.81. The van der Waals surface area contributed by atoms with Crippen LogP contribution in [-0.2, 0) is 4.79 Å². The second-order valence-corrected chi connectivity index (χ2v) is 5.77. The lowest BCUT2D eigenvalue weighted by molar-refractivity contribution is -0.120. The van der Waals surface area contributed by atoms with E-state index in [1.54, 1.807) is 0 Å². The molecular formula is C20H27N3O. The van der Waals surface area contributed by atoms with Crippen molar-refractivity contribution in [3.05, 3.63) is 60.2 Å². The summed E-state index contributed by atoms with van der Waals surface area (Å²) >= 11 is 0. The largest absolute Gasteiger partial charge is 0.376 e. The number of hydrogen-bond acceptors (Lipinski definition) is 3. The topological polar surface area (TPSA) is 44.4 Å². The molecule has 0 spiro atoms. The average Bonchev–Trinajstić information content (AvgIpc) is 2.63. The van der Waals surface area contributed by atoms with Crippen LogP contribution in [0.4, 0.5) is 11.4 Å². The second-order valence-electron chi connectivity index (χ2n) is 5.77. The molecule has 2 N–H and O–H groups in total. The van der Waals surface area contributed by atoms with E-state index in [0.717, 1.165) is 24.3 Å². The van der Waals surface area contributed by atoms with Gasteiger partial charge in [0.2, 0.25) is 5.91 Å². The van der Waals surface area contributed by atoms with Gasteiger partial charge in [-0.25, -0.2) is 0 Å². The van der Waals surface area contributed by atoms with E-state index in [2.05, 4.69) is 41.5 Å². The van der Waals surface area contributed by atoms with Crippen LogP contribution in [0.5, 0.6) is 0 Å². The van der Waals surface area contributed by atoms with Crippen molar-refractivity contribution in [3.8, 4) is 0 Å². The van der Waals surface area contributed by atoms with Gasteiger partial charge in [-0.2, -0.15) is 0 Å². The van der Waals surface area contributed by atoms with E-state index in [1.807, 2.05) is 49.4 Å². The van der Waals surface area contributed by atoms with Crippen LogP contribution in [0.2, 0.25) is 0 Å². The van der Waals surface area contributed by atoms with Crippen molar-refractivity contribution in [2.75, 3.05) is 29.9 Å². The van der Waals surface area contributed by atoms with Gasteiger partial charge in [-0.1, -0.05) is 30.3 Å². The zero-order valence-electron chi connectivity index (χ0n) is 14.8. The molecule has 2 rings (SSSR count). The Bertz CT molecular complexity index is 621. The third-order valence-corrected chi connectivity index (χ3v) is 4.13. The molecule has 2 aromatic rings. The van der Waals surface area contributed by atoms with Gasteiger partial charge in [0, 0.05) is 24.5 Å². The molecule has 2 aromatic carbocycles. The predicted molar refractivity (Wildman–Crippen MR) is 101 cm³/mol. The smallest absolute Gasteiger partial charge is 0.239 e. The lowest BCUT2D eigenvalue weighted by atomic mass is 10.1. The molecular weight excluding hydrogens is 298 g/mol. The highest BCUT2D eigenvalue weighted by atomic mass is 16.1. The van der Waals surface area contributed by atoms with Crippen LogP contribution < -0.4 is 15.5 Å². The Labute approximate surface area is 144 Å². The summed E-state index contributed by atoms with van der Waals surface area (Å²) in [6.45, 7) is 8.53. The lowest BCUT2D eigenvalue weighted by Crippen LogP contribution is -2.32. The summed E-state index contributed by atoms with van der Waals surface area (Å²) in [6, 6.07) is 18.2. The fourth-order valence-electron chi connectivity index (χ4n) is 2.68. The third kappa shape index (κ3) is 5.01. The molecule has 0 aliphatic heterocycles. The minimum Gasteiger partial charge on any atom is -0.376 e. The van der Waals surface area contributed by atoms with E-state index in [0.29, 0.717) is 0 Å². The molecule has 24 heavy (non-hydrogen) atoms. The molecule has 1 unspecified atom stereocenters. The molecule has 0 fully saturated rings. The molecule has 0 aliphatic carbocycles. The summed E-state index contributed by atoms with van der Waals surface area (Å²) in [7, 11) is 0. The number of rotatable bonds is 8. The van der Waals surface area contributed by atoms with E-state index in [4.69, 9.17) is 0 Å². The average molecular weight is 325 g/mol. The number of nitrogens with one attached hydrogen (secondary N) is 2. The van der Waals surface area contributed by atoms with Gasteiger partial charge in [-0.05, 0) is 50.6 Å². The Kier molecular flexibility index (Phi) is 6.67. The molecule has 1 atom stereocenters. The zero-order valence-corrected chi connectivity index (χ0v) is 14.8. The molecule has 0 saturated carbocycles. The van der Waals surface area contributed by atoms with Crippen LogP contribution in [-0.4, -0.2) is 25.5 Å². The van der Waals surface area contributed by atoms with Crippen molar-refractivity contribution >= 4 is 17.3 Å². The van der Waals surface area contributed by atoms with E-state index in [-0.39, 0.29) is 18.5 Å².